The van der Waals surface area contributed by atoms with Crippen LogP contribution in [0, 0.1) is 5.82 Å². The van der Waals surface area contributed by atoms with Crippen molar-refractivity contribution in [2.24, 2.45) is 0 Å². The summed E-state index contributed by atoms with van der Waals surface area (Å²) in [5.41, 5.74) is 0.886. The van der Waals surface area contributed by atoms with Crippen LogP contribution in [0.5, 0.6) is 0 Å². The first-order valence-corrected chi connectivity index (χ1v) is 4.42. The molecule has 0 bridgehead atoms. The number of nitrogens with zero attached hydrogens (tertiary/aromatic N) is 3. The van der Waals surface area contributed by atoms with E-state index in [2.05, 4.69) is 20.3 Å². The van der Waals surface area contributed by atoms with Crippen molar-refractivity contribution < 1.29 is 4.39 Å². The van der Waals surface area contributed by atoms with Gasteiger partial charge in [0.15, 0.2) is 5.82 Å². The molecule has 2 heterocycles. The molecule has 0 radical (unpaired) electrons. The number of pyridine rings is 1. The summed E-state index contributed by atoms with van der Waals surface area (Å²) in [4.78, 5) is 11.7. The summed E-state index contributed by atoms with van der Waals surface area (Å²) in [5, 5.41) is 2.76. The Bertz CT molecular complexity index is 458. The lowest BCUT2D eigenvalue weighted by Crippen LogP contribution is -1.99. The van der Waals surface area contributed by atoms with E-state index < -0.39 is 5.82 Å². The SMILES string of the molecule is CNc1ncc(F)c(-c2cccnc2)n1. The van der Waals surface area contributed by atoms with Gasteiger partial charge in [0.1, 0.15) is 5.69 Å². The molecular weight excluding hydrogens is 195 g/mol. The fourth-order valence-corrected chi connectivity index (χ4v) is 1.19. The maximum atomic E-state index is 13.4. The van der Waals surface area contributed by atoms with Crippen molar-refractivity contribution in [3.63, 3.8) is 0 Å². The summed E-state index contributed by atoms with van der Waals surface area (Å²) in [7, 11) is 1.68. The largest absolute Gasteiger partial charge is 0.357 e. The normalized spacial score (nSPS) is 10.0. The van der Waals surface area contributed by atoms with Gasteiger partial charge in [-0.2, -0.15) is 0 Å². The number of aromatic nitrogens is 3. The van der Waals surface area contributed by atoms with E-state index in [1.54, 1.807) is 31.6 Å². The number of rotatable bonds is 2. The van der Waals surface area contributed by atoms with E-state index >= 15 is 0 Å². The van der Waals surface area contributed by atoms with Crippen LogP contribution in [0.25, 0.3) is 11.3 Å². The van der Waals surface area contributed by atoms with E-state index in [-0.39, 0.29) is 5.69 Å². The Balaban J connectivity index is 2.52. The second-order valence-electron chi connectivity index (χ2n) is 2.88. The Hall–Kier alpha value is -2.04. The first-order chi connectivity index (χ1) is 7.31. The molecule has 0 aliphatic carbocycles. The van der Waals surface area contributed by atoms with Crippen molar-refractivity contribution in [1.82, 2.24) is 15.0 Å². The van der Waals surface area contributed by atoms with Gasteiger partial charge < -0.3 is 5.32 Å². The Morgan fingerprint density at radius 2 is 2.20 bits per heavy atom. The van der Waals surface area contributed by atoms with Crippen LogP contribution >= 0.6 is 0 Å². The Labute approximate surface area is 86.2 Å². The Kier molecular flexibility index (Phi) is 2.53. The van der Waals surface area contributed by atoms with E-state index in [1.165, 1.54) is 0 Å². The van der Waals surface area contributed by atoms with Crippen LogP contribution in [0.3, 0.4) is 0 Å². The molecule has 4 nitrogen and oxygen atoms in total. The van der Waals surface area contributed by atoms with Crippen LogP contribution in [-0.2, 0) is 0 Å². The quantitative estimate of drug-likeness (QED) is 0.809. The lowest BCUT2D eigenvalue weighted by molar-refractivity contribution is 0.618. The van der Waals surface area contributed by atoms with Crippen molar-refractivity contribution in [3.8, 4) is 11.3 Å². The highest BCUT2D eigenvalue weighted by atomic mass is 19.1. The average Bonchev–Trinajstić information content (AvgIpc) is 2.31. The zero-order valence-corrected chi connectivity index (χ0v) is 8.11. The van der Waals surface area contributed by atoms with Crippen LogP contribution in [0.1, 0.15) is 0 Å². The molecule has 0 aliphatic heterocycles. The molecule has 0 unspecified atom stereocenters. The third-order valence-corrected chi connectivity index (χ3v) is 1.90. The van der Waals surface area contributed by atoms with Crippen molar-refractivity contribution in [1.29, 1.82) is 0 Å². The summed E-state index contributed by atoms with van der Waals surface area (Å²) in [5.74, 6) is -0.0720. The average molecular weight is 204 g/mol. The minimum Gasteiger partial charge on any atom is -0.357 e. The van der Waals surface area contributed by atoms with E-state index in [1.807, 2.05) is 0 Å². The van der Waals surface area contributed by atoms with Gasteiger partial charge >= 0.3 is 0 Å². The summed E-state index contributed by atoms with van der Waals surface area (Å²) in [6.45, 7) is 0. The van der Waals surface area contributed by atoms with Crippen LogP contribution in [0.2, 0.25) is 0 Å². The predicted octanol–water partition coefficient (Wildman–Crippen LogP) is 1.72. The zero-order chi connectivity index (χ0) is 10.7. The highest BCUT2D eigenvalue weighted by Crippen LogP contribution is 2.19. The molecular formula is C10H9FN4. The molecule has 0 saturated carbocycles. The number of hydrogen-bond acceptors (Lipinski definition) is 4. The zero-order valence-electron chi connectivity index (χ0n) is 8.11. The molecule has 0 fully saturated rings. The molecule has 0 aliphatic rings. The molecule has 2 aromatic rings. The van der Waals surface area contributed by atoms with Gasteiger partial charge in [0, 0.05) is 25.0 Å². The van der Waals surface area contributed by atoms with Gasteiger partial charge in [0.25, 0.3) is 0 Å². The second-order valence-corrected chi connectivity index (χ2v) is 2.88. The molecule has 0 atom stereocenters. The fourth-order valence-electron chi connectivity index (χ4n) is 1.19. The Morgan fingerprint density at radius 3 is 2.87 bits per heavy atom. The van der Waals surface area contributed by atoms with Gasteiger partial charge in [-0.1, -0.05) is 0 Å². The molecule has 0 spiro atoms. The molecule has 2 rings (SSSR count). The van der Waals surface area contributed by atoms with Crippen molar-refractivity contribution in [2.75, 3.05) is 12.4 Å². The first kappa shape index (κ1) is 9.51. The molecule has 5 heteroatoms. The smallest absolute Gasteiger partial charge is 0.223 e. The van der Waals surface area contributed by atoms with Crippen LogP contribution in [0.4, 0.5) is 10.3 Å². The lowest BCUT2D eigenvalue weighted by atomic mass is 10.2. The molecule has 0 aromatic carbocycles. The minimum absolute atomic E-state index is 0.252. The third kappa shape index (κ3) is 1.90. The molecule has 15 heavy (non-hydrogen) atoms. The molecule has 1 N–H and O–H groups in total. The van der Waals surface area contributed by atoms with Gasteiger partial charge in [0.2, 0.25) is 5.95 Å². The highest BCUT2D eigenvalue weighted by Gasteiger charge is 2.08. The standard InChI is InChI=1S/C10H9FN4/c1-12-10-14-6-8(11)9(15-10)7-3-2-4-13-5-7/h2-6H,1H3,(H,12,14,15). The van der Waals surface area contributed by atoms with E-state index in [4.69, 9.17) is 0 Å². The molecule has 0 amide bonds. The van der Waals surface area contributed by atoms with Gasteiger partial charge in [-0.05, 0) is 12.1 Å². The van der Waals surface area contributed by atoms with Gasteiger partial charge in [-0.25, -0.2) is 14.4 Å². The first-order valence-electron chi connectivity index (χ1n) is 4.42. The number of hydrogen-bond donors (Lipinski definition) is 1. The van der Waals surface area contributed by atoms with Crippen molar-refractivity contribution >= 4 is 5.95 Å². The molecule has 0 saturated heterocycles. The Morgan fingerprint density at radius 1 is 1.33 bits per heavy atom. The van der Waals surface area contributed by atoms with Gasteiger partial charge in [0.05, 0.1) is 6.20 Å². The van der Waals surface area contributed by atoms with E-state index in [0.717, 1.165) is 6.20 Å². The minimum atomic E-state index is -0.456. The highest BCUT2D eigenvalue weighted by molar-refractivity contribution is 5.59. The second kappa shape index (κ2) is 4.00. The maximum absolute atomic E-state index is 13.4. The monoisotopic (exact) mass is 204 g/mol. The van der Waals surface area contributed by atoms with Gasteiger partial charge in [-0.3, -0.25) is 4.98 Å². The van der Waals surface area contributed by atoms with Crippen LogP contribution in [-0.4, -0.2) is 22.0 Å². The summed E-state index contributed by atoms with van der Waals surface area (Å²) >= 11 is 0. The van der Waals surface area contributed by atoms with Gasteiger partial charge in [-0.15, -0.1) is 0 Å². The topological polar surface area (TPSA) is 50.7 Å². The van der Waals surface area contributed by atoms with E-state index in [9.17, 15) is 4.39 Å². The predicted molar refractivity (Wildman–Crippen MR) is 54.8 cm³/mol. The van der Waals surface area contributed by atoms with Crippen molar-refractivity contribution in [2.45, 2.75) is 0 Å². The van der Waals surface area contributed by atoms with Crippen LogP contribution < -0.4 is 5.32 Å². The number of nitrogens with one attached hydrogen (secondary N) is 1. The molecule has 2 aromatic heterocycles. The van der Waals surface area contributed by atoms with E-state index in [0.29, 0.717) is 11.5 Å². The van der Waals surface area contributed by atoms with Crippen molar-refractivity contribution in [3.05, 3.63) is 36.5 Å². The molecule has 76 valence electrons. The number of halogens is 1. The summed E-state index contributed by atoms with van der Waals surface area (Å²) in [6, 6.07) is 3.48. The van der Waals surface area contributed by atoms with Crippen LogP contribution in [0.15, 0.2) is 30.7 Å². The lowest BCUT2D eigenvalue weighted by Gasteiger charge is -2.03. The number of anilines is 1. The fraction of sp³-hybridized carbons (Fsp3) is 0.100. The summed E-state index contributed by atoms with van der Waals surface area (Å²) < 4.78 is 13.4. The third-order valence-electron chi connectivity index (χ3n) is 1.90. The summed E-state index contributed by atoms with van der Waals surface area (Å²) in [6.07, 6.45) is 4.33. The maximum Gasteiger partial charge on any atom is 0.223 e.